The molecule has 0 amide bonds. The van der Waals surface area contributed by atoms with Crippen molar-refractivity contribution in [1.29, 1.82) is 0 Å². The zero-order chi connectivity index (χ0) is 18.9. The van der Waals surface area contributed by atoms with E-state index in [1.165, 1.54) is 68.9 Å². The Hall–Kier alpha value is -0.630. The molecule has 0 fully saturated rings. The summed E-state index contributed by atoms with van der Waals surface area (Å²) in [6.07, 6.45) is 12.9. The van der Waals surface area contributed by atoms with Crippen LogP contribution in [0.2, 0.25) is 0 Å². The van der Waals surface area contributed by atoms with Crippen LogP contribution in [-0.2, 0) is 11.8 Å². The van der Waals surface area contributed by atoms with Crippen LogP contribution in [0.5, 0.6) is 5.75 Å². The highest BCUT2D eigenvalue weighted by atomic mass is 32.1. The van der Waals surface area contributed by atoms with Gasteiger partial charge in [-0.05, 0) is 60.8 Å². The molecule has 0 saturated carbocycles. The molecule has 1 aromatic carbocycles. The molecule has 0 aliphatic carbocycles. The molecule has 0 saturated heterocycles. The summed E-state index contributed by atoms with van der Waals surface area (Å²) in [7, 11) is 0. The van der Waals surface area contributed by atoms with Gasteiger partial charge in [0.15, 0.2) is 0 Å². The molecule has 0 bridgehead atoms. The molecule has 0 aromatic heterocycles. The van der Waals surface area contributed by atoms with E-state index in [0.717, 1.165) is 12.0 Å². The third-order valence-electron chi connectivity index (χ3n) is 5.12. The van der Waals surface area contributed by atoms with E-state index in [1.54, 1.807) is 0 Å². The van der Waals surface area contributed by atoms with Gasteiger partial charge in [0.25, 0.3) is 0 Å². The highest BCUT2D eigenvalue weighted by Gasteiger charge is 2.19. The molecule has 0 spiro atoms. The lowest BCUT2D eigenvalue weighted by Crippen LogP contribution is -2.12. The van der Waals surface area contributed by atoms with Crippen molar-refractivity contribution >= 4 is 12.6 Å². The van der Waals surface area contributed by atoms with E-state index in [1.807, 2.05) is 6.07 Å². The number of rotatable bonds is 11. The Morgan fingerprint density at radius 3 is 2.16 bits per heavy atom. The van der Waals surface area contributed by atoms with Crippen LogP contribution in [-0.4, -0.2) is 10.4 Å². The Morgan fingerprint density at radius 1 is 0.960 bits per heavy atom. The summed E-state index contributed by atoms with van der Waals surface area (Å²) in [5.41, 5.74) is 3.69. The molecule has 1 atom stereocenters. The van der Waals surface area contributed by atoms with Crippen molar-refractivity contribution in [2.45, 2.75) is 109 Å². The van der Waals surface area contributed by atoms with Crippen molar-refractivity contribution in [3.05, 3.63) is 28.8 Å². The average Bonchev–Trinajstić information content (AvgIpc) is 2.50. The molecule has 0 aliphatic heterocycles. The van der Waals surface area contributed by atoms with Gasteiger partial charge in [0.2, 0.25) is 0 Å². The Kier molecular flexibility index (Phi) is 10.0. The van der Waals surface area contributed by atoms with Gasteiger partial charge in [0.05, 0.1) is 0 Å². The maximum atomic E-state index is 10.2. The van der Waals surface area contributed by atoms with Gasteiger partial charge in [0, 0.05) is 5.25 Å². The van der Waals surface area contributed by atoms with Gasteiger partial charge < -0.3 is 5.11 Å². The van der Waals surface area contributed by atoms with Crippen LogP contribution in [0, 0.1) is 6.92 Å². The van der Waals surface area contributed by atoms with Crippen LogP contribution in [0.3, 0.4) is 0 Å². The molecule has 2 heteroatoms. The highest BCUT2D eigenvalue weighted by Crippen LogP contribution is 2.33. The topological polar surface area (TPSA) is 20.2 Å². The van der Waals surface area contributed by atoms with E-state index in [9.17, 15) is 5.11 Å². The maximum absolute atomic E-state index is 10.2. The third-order valence-corrected chi connectivity index (χ3v) is 5.63. The fourth-order valence-corrected chi connectivity index (χ4v) is 3.93. The molecule has 25 heavy (non-hydrogen) atoms. The van der Waals surface area contributed by atoms with E-state index in [0.29, 0.717) is 11.0 Å². The smallest absolute Gasteiger partial charge is 0.119 e. The van der Waals surface area contributed by atoms with Gasteiger partial charge >= 0.3 is 0 Å². The van der Waals surface area contributed by atoms with Crippen molar-refractivity contribution in [2.24, 2.45) is 0 Å². The Bertz CT molecular complexity index is 502. The fourth-order valence-electron chi connectivity index (χ4n) is 3.49. The molecule has 1 unspecified atom stereocenters. The maximum Gasteiger partial charge on any atom is 0.119 e. The number of benzene rings is 1. The second kappa shape index (κ2) is 11.2. The lowest BCUT2D eigenvalue weighted by molar-refractivity contribution is 0.445. The van der Waals surface area contributed by atoms with Crippen LogP contribution >= 0.6 is 12.6 Å². The van der Waals surface area contributed by atoms with E-state index >= 15 is 0 Å². The Balaban J connectivity index is 2.28. The summed E-state index contributed by atoms with van der Waals surface area (Å²) < 4.78 is 0. The summed E-state index contributed by atoms with van der Waals surface area (Å²) in [6.45, 7) is 10.8. The van der Waals surface area contributed by atoms with Crippen LogP contribution in [0.1, 0.15) is 102 Å². The normalized spacial score (nSPS) is 13.2. The average molecular weight is 365 g/mol. The number of aryl methyl sites for hydroxylation is 2. The molecule has 1 nitrogen and oxygen atoms in total. The minimum absolute atomic E-state index is 0.00480. The first-order chi connectivity index (χ1) is 11.8. The zero-order valence-corrected chi connectivity index (χ0v) is 18.1. The van der Waals surface area contributed by atoms with E-state index in [4.69, 9.17) is 0 Å². The van der Waals surface area contributed by atoms with Gasteiger partial charge in [-0.1, -0.05) is 72.3 Å². The van der Waals surface area contributed by atoms with E-state index in [-0.39, 0.29) is 5.41 Å². The summed E-state index contributed by atoms with van der Waals surface area (Å²) in [6, 6.07) is 4.17. The minimum Gasteiger partial charge on any atom is -0.508 e. The molecular formula is C23H40OS. The van der Waals surface area contributed by atoms with Gasteiger partial charge in [0.1, 0.15) is 5.75 Å². The first-order valence-corrected chi connectivity index (χ1v) is 10.8. The summed E-state index contributed by atoms with van der Waals surface area (Å²) >= 11 is 4.64. The van der Waals surface area contributed by atoms with Crippen LogP contribution in [0.25, 0.3) is 0 Å². The number of thiol groups is 1. The van der Waals surface area contributed by atoms with Crippen molar-refractivity contribution < 1.29 is 5.11 Å². The quantitative estimate of drug-likeness (QED) is 0.310. The number of hydrogen-bond donors (Lipinski definition) is 2. The van der Waals surface area contributed by atoms with E-state index in [2.05, 4.69) is 53.3 Å². The Labute approximate surface area is 162 Å². The number of phenols is 1. The predicted molar refractivity (Wildman–Crippen MR) is 115 cm³/mol. The van der Waals surface area contributed by atoms with Crippen molar-refractivity contribution in [3.63, 3.8) is 0 Å². The second-order valence-electron chi connectivity index (χ2n) is 8.65. The summed E-state index contributed by atoms with van der Waals surface area (Å²) in [5, 5.41) is 10.8. The van der Waals surface area contributed by atoms with Gasteiger partial charge in [-0.15, -0.1) is 0 Å². The molecule has 1 rings (SSSR count). The third kappa shape index (κ3) is 8.53. The monoisotopic (exact) mass is 364 g/mol. The van der Waals surface area contributed by atoms with Crippen molar-refractivity contribution in [1.82, 2.24) is 0 Å². The van der Waals surface area contributed by atoms with Crippen molar-refractivity contribution in [2.75, 3.05) is 0 Å². The number of unbranched alkanes of at least 4 members (excludes halogenated alkanes) is 5. The first kappa shape index (κ1) is 22.4. The largest absolute Gasteiger partial charge is 0.508 e. The Morgan fingerprint density at radius 2 is 1.56 bits per heavy atom. The standard InChI is InChI=1S/C23H40OS/c1-6-13-20(25)15-12-10-8-7-9-11-14-19-17-21(23(3,4)5)22(24)16-18(19)2/h16-17,20,24-25H,6-15H2,1-5H3. The van der Waals surface area contributed by atoms with Crippen molar-refractivity contribution in [3.8, 4) is 5.75 Å². The first-order valence-electron chi connectivity index (χ1n) is 10.3. The second-order valence-corrected chi connectivity index (χ2v) is 9.38. The zero-order valence-electron chi connectivity index (χ0n) is 17.2. The summed E-state index contributed by atoms with van der Waals surface area (Å²) in [5.74, 6) is 0.444. The number of hydrogen-bond acceptors (Lipinski definition) is 2. The lowest BCUT2D eigenvalue weighted by Gasteiger charge is -2.22. The molecule has 0 heterocycles. The lowest BCUT2D eigenvalue weighted by atomic mass is 9.83. The summed E-state index contributed by atoms with van der Waals surface area (Å²) in [4.78, 5) is 0. The molecular weight excluding hydrogens is 324 g/mol. The van der Waals surface area contributed by atoms with Gasteiger partial charge in [-0.25, -0.2) is 0 Å². The molecule has 1 N–H and O–H groups in total. The molecule has 0 radical (unpaired) electrons. The predicted octanol–water partition coefficient (Wildman–Crippen LogP) is 7.37. The SMILES string of the molecule is CCCC(S)CCCCCCCCc1cc(C(C)(C)C)c(O)cc1C. The fraction of sp³-hybridized carbons (Fsp3) is 0.739. The van der Waals surface area contributed by atoms with Gasteiger partial charge in [-0.3, -0.25) is 0 Å². The molecule has 144 valence electrons. The van der Waals surface area contributed by atoms with Crippen LogP contribution in [0.15, 0.2) is 12.1 Å². The van der Waals surface area contributed by atoms with E-state index < -0.39 is 0 Å². The minimum atomic E-state index is -0.00480. The number of aromatic hydroxyl groups is 1. The molecule has 1 aromatic rings. The van der Waals surface area contributed by atoms with Gasteiger partial charge in [-0.2, -0.15) is 12.6 Å². The number of phenolic OH excluding ortho intramolecular Hbond substituents is 1. The van der Waals surface area contributed by atoms with Crippen LogP contribution < -0.4 is 0 Å². The highest BCUT2D eigenvalue weighted by molar-refractivity contribution is 7.80. The molecule has 0 aliphatic rings. The van der Waals surface area contributed by atoms with Crippen LogP contribution in [0.4, 0.5) is 0 Å².